The minimum absolute atomic E-state index is 0.757. The zero-order valence-corrected chi connectivity index (χ0v) is 11.2. The molecule has 1 aromatic carbocycles. The summed E-state index contributed by atoms with van der Waals surface area (Å²) in [5, 5.41) is 0. The Hall–Kier alpha value is -0.470. The summed E-state index contributed by atoms with van der Waals surface area (Å²) >= 11 is 4.38. The van der Waals surface area contributed by atoms with Gasteiger partial charge in [0.25, 0.3) is 0 Å². The van der Waals surface area contributed by atoms with Gasteiger partial charge in [0.1, 0.15) is 0 Å². The van der Waals surface area contributed by atoms with Crippen molar-refractivity contribution in [2.75, 3.05) is 12.4 Å². The standard InChI is InChI=1S/C15H22OS/c17-12-15-8-6-14(7-9-15)11-16-10-13-4-2-1-3-5-13/h1-5,14-15,17H,6-12H2. The minimum atomic E-state index is 0.757. The van der Waals surface area contributed by atoms with E-state index in [1.165, 1.54) is 31.2 Å². The maximum atomic E-state index is 5.81. The van der Waals surface area contributed by atoms with E-state index in [4.69, 9.17) is 4.74 Å². The molecule has 2 rings (SSSR count). The lowest BCUT2D eigenvalue weighted by Crippen LogP contribution is -2.19. The molecule has 0 heterocycles. The van der Waals surface area contributed by atoms with Gasteiger partial charge in [-0.3, -0.25) is 0 Å². The average molecular weight is 250 g/mol. The second-order valence-electron chi connectivity index (χ2n) is 5.07. The molecule has 0 unspecified atom stereocenters. The summed E-state index contributed by atoms with van der Waals surface area (Å²) < 4.78 is 5.81. The van der Waals surface area contributed by atoms with Crippen molar-refractivity contribution in [1.29, 1.82) is 0 Å². The van der Waals surface area contributed by atoms with Gasteiger partial charge in [-0.2, -0.15) is 12.6 Å². The molecule has 1 saturated carbocycles. The lowest BCUT2D eigenvalue weighted by molar-refractivity contribution is 0.0687. The molecule has 1 aliphatic carbocycles. The number of thiol groups is 1. The van der Waals surface area contributed by atoms with E-state index in [1.807, 2.05) is 6.07 Å². The molecule has 17 heavy (non-hydrogen) atoms. The quantitative estimate of drug-likeness (QED) is 0.779. The molecule has 0 saturated heterocycles. The Morgan fingerprint density at radius 3 is 2.29 bits per heavy atom. The van der Waals surface area contributed by atoms with Gasteiger partial charge in [0.05, 0.1) is 6.61 Å². The zero-order chi connectivity index (χ0) is 11.9. The van der Waals surface area contributed by atoms with Crippen molar-refractivity contribution in [1.82, 2.24) is 0 Å². The lowest BCUT2D eigenvalue weighted by Gasteiger charge is -2.27. The van der Waals surface area contributed by atoms with Crippen LogP contribution in [0.25, 0.3) is 0 Å². The first-order chi connectivity index (χ1) is 8.38. The predicted molar refractivity (Wildman–Crippen MR) is 75.4 cm³/mol. The van der Waals surface area contributed by atoms with Crippen LogP contribution in [0.15, 0.2) is 30.3 Å². The van der Waals surface area contributed by atoms with Gasteiger partial charge in [-0.15, -0.1) is 0 Å². The highest BCUT2D eigenvalue weighted by Gasteiger charge is 2.20. The van der Waals surface area contributed by atoms with Gasteiger partial charge in [0.15, 0.2) is 0 Å². The van der Waals surface area contributed by atoms with Crippen LogP contribution >= 0.6 is 12.6 Å². The number of ether oxygens (including phenoxy) is 1. The highest BCUT2D eigenvalue weighted by atomic mass is 32.1. The Kier molecular flexibility index (Phi) is 5.40. The van der Waals surface area contributed by atoms with E-state index in [2.05, 4.69) is 36.9 Å². The summed E-state index contributed by atoms with van der Waals surface area (Å²) in [5.74, 6) is 2.68. The monoisotopic (exact) mass is 250 g/mol. The van der Waals surface area contributed by atoms with Crippen LogP contribution in [0.5, 0.6) is 0 Å². The molecule has 0 bridgehead atoms. The average Bonchev–Trinajstić information content (AvgIpc) is 2.41. The van der Waals surface area contributed by atoms with Gasteiger partial charge in [0, 0.05) is 6.61 Å². The Morgan fingerprint density at radius 1 is 1.00 bits per heavy atom. The Balaban J connectivity index is 1.63. The van der Waals surface area contributed by atoms with Gasteiger partial charge in [-0.1, -0.05) is 30.3 Å². The molecule has 0 aliphatic heterocycles. The molecule has 1 nitrogen and oxygen atoms in total. The fourth-order valence-electron chi connectivity index (χ4n) is 2.50. The fourth-order valence-corrected chi connectivity index (χ4v) is 2.86. The molecule has 1 aromatic rings. The summed E-state index contributed by atoms with van der Waals surface area (Å²) in [4.78, 5) is 0. The van der Waals surface area contributed by atoms with Crippen molar-refractivity contribution in [2.45, 2.75) is 32.3 Å². The van der Waals surface area contributed by atoms with Gasteiger partial charge >= 0.3 is 0 Å². The largest absolute Gasteiger partial charge is 0.376 e. The first-order valence-corrected chi connectivity index (χ1v) is 7.24. The Labute approximate surface area is 110 Å². The second-order valence-corrected chi connectivity index (χ2v) is 5.44. The molecule has 0 spiro atoms. The van der Waals surface area contributed by atoms with Gasteiger partial charge in [0.2, 0.25) is 0 Å². The molecule has 1 fully saturated rings. The van der Waals surface area contributed by atoms with Crippen LogP contribution in [0, 0.1) is 11.8 Å². The Bertz CT molecular complexity index is 304. The minimum Gasteiger partial charge on any atom is -0.376 e. The number of rotatable bonds is 5. The SMILES string of the molecule is SCC1CCC(COCc2ccccc2)CC1. The van der Waals surface area contributed by atoms with Crippen LogP contribution in [-0.4, -0.2) is 12.4 Å². The van der Waals surface area contributed by atoms with Crippen LogP contribution in [-0.2, 0) is 11.3 Å². The highest BCUT2D eigenvalue weighted by molar-refractivity contribution is 7.80. The summed E-state index contributed by atoms with van der Waals surface area (Å²) in [5.41, 5.74) is 1.27. The van der Waals surface area contributed by atoms with Crippen molar-refractivity contribution >= 4 is 12.6 Å². The number of hydrogen-bond acceptors (Lipinski definition) is 2. The van der Waals surface area contributed by atoms with Gasteiger partial charge in [-0.05, 0) is 48.8 Å². The number of benzene rings is 1. The van der Waals surface area contributed by atoms with E-state index in [0.29, 0.717) is 0 Å². The molecule has 0 atom stereocenters. The normalized spacial score (nSPS) is 24.8. The first-order valence-electron chi connectivity index (χ1n) is 6.61. The van der Waals surface area contributed by atoms with Crippen LogP contribution in [0.1, 0.15) is 31.2 Å². The lowest BCUT2D eigenvalue weighted by atomic mass is 9.83. The molecule has 2 heteroatoms. The molecule has 94 valence electrons. The number of hydrogen-bond donors (Lipinski definition) is 1. The van der Waals surface area contributed by atoms with Gasteiger partial charge < -0.3 is 4.74 Å². The van der Waals surface area contributed by atoms with E-state index in [-0.39, 0.29) is 0 Å². The zero-order valence-electron chi connectivity index (χ0n) is 10.3. The van der Waals surface area contributed by atoms with Crippen LogP contribution in [0.4, 0.5) is 0 Å². The first kappa shape index (κ1) is 13.0. The van der Waals surface area contributed by atoms with Crippen LogP contribution in [0.3, 0.4) is 0 Å². The topological polar surface area (TPSA) is 9.23 Å². The molecule has 0 aromatic heterocycles. The third-order valence-electron chi connectivity index (χ3n) is 3.69. The van der Waals surface area contributed by atoms with Crippen molar-refractivity contribution in [2.24, 2.45) is 11.8 Å². The summed E-state index contributed by atoms with van der Waals surface area (Å²) in [6, 6.07) is 10.4. The van der Waals surface area contributed by atoms with E-state index < -0.39 is 0 Å². The second kappa shape index (κ2) is 7.07. The van der Waals surface area contributed by atoms with E-state index >= 15 is 0 Å². The fraction of sp³-hybridized carbons (Fsp3) is 0.600. The van der Waals surface area contributed by atoms with E-state index in [9.17, 15) is 0 Å². The molecule has 1 aliphatic rings. The Morgan fingerprint density at radius 2 is 1.65 bits per heavy atom. The maximum Gasteiger partial charge on any atom is 0.0717 e. The van der Waals surface area contributed by atoms with Crippen LogP contribution in [0.2, 0.25) is 0 Å². The van der Waals surface area contributed by atoms with Crippen molar-refractivity contribution in [3.8, 4) is 0 Å². The third-order valence-corrected chi connectivity index (χ3v) is 4.21. The molecular formula is C15H22OS. The molecule has 0 N–H and O–H groups in total. The molecule has 0 radical (unpaired) electrons. The predicted octanol–water partition coefficient (Wildman–Crippen LogP) is 3.94. The van der Waals surface area contributed by atoms with Crippen molar-refractivity contribution < 1.29 is 4.74 Å². The highest BCUT2D eigenvalue weighted by Crippen LogP contribution is 2.29. The van der Waals surface area contributed by atoms with Gasteiger partial charge in [-0.25, -0.2) is 0 Å². The van der Waals surface area contributed by atoms with Crippen LogP contribution < -0.4 is 0 Å². The third kappa shape index (κ3) is 4.36. The van der Waals surface area contributed by atoms with E-state index in [0.717, 1.165) is 30.8 Å². The van der Waals surface area contributed by atoms with Crippen molar-refractivity contribution in [3.05, 3.63) is 35.9 Å². The summed E-state index contributed by atoms with van der Waals surface area (Å²) in [7, 11) is 0. The molecule has 0 amide bonds. The smallest absolute Gasteiger partial charge is 0.0717 e. The summed E-state index contributed by atoms with van der Waals surface area (Å²) in [6.45, 7) is 1.68. The van der Waals surface area contributed by atoms with E-state index in [1.54, 1.807) is 0 Å². The maximum absolute atomic E-state index is 5.81. The summed E-state index contributed by atoms with van der Waals surface area (Å²) in [6.07, 6.45) is 5.31. The van der Waals surface area contributed by atoms with Crippen molar-refractivity contribution in [3.63, 3.8) is 0 Å². The molecular weight excluding hydrogens is 228 g/mol.